The van der Waals surface area contributed by atoms with Crippen molar-refractivity contribution in [1.29, 1.82) is 0 Å². The van der Waals surface area contributed by atoms with Crippen molar-refractivity contribution in [2.24, 2.45) is 0 Å². The zero-order valence-electron chi connectivity index (χ0n) is 16.0. The molecule has 0 saturated heterocycles. The lowest BCUT2D eigenvalue weighted by Gasteiger charge is -2.13. The average Bonchev–Trinajstić information content (AvgIpc) is 2.72. The highest BCUT2D eigenvalue weighted by Crippen LogP contribution is 2.21. The summed E-state index contributed by atoms with van der Waals surface area (Å²) in [6, 6.07) is 15.0. The van der Waals surface area contributed by atoms with E-state index < -0.39 is 15.9 Å². The van der Waals surface area contributed by atoms with Crippen molar-refractivity contribution in [2.75, 3.05) is 11.8 Å². The van der Waals surface area contributed by atoms with Crippen LogP contribution >= 0.6 is 0 Å². The number of methoxy groups -OCH3 is 1. The van der Waals surface area contributed by atoms with Crippen molar-refractivity contribution >= 4 is 21.6 Å². The smallest absolute Gasteiger partial charge is 0.262 e. The first-order valence-corrected chi connectivity index (χ1v) is 10.3. The van der Waals surface area contributed by atoms with Crippen LogP contribution < -0.4 is 14.8 Å². The van der Waals surface area contributed by atoms with E-state index >= 15 is 0 Å². The number of benzene rings is 2. The molecule has 0 aliphatic heterocycles. The number of hydrogen-bond donors (Lipinski definition) is 2. The molecular formula is C21H21N3O4S. The molecule has 0 unspecified atom stereocenters. The predicted octanol–water partition coefficient (Wildman–Crippen LogP) is 3.13. The number of hydrogen-bond acceptors (Lipinski definition) is 5. The summed E-state index contributed by atoms with van der Waals surface area (Å²) in [5, 5.41) is 2.75. The van der Waals surface area contributed by atoms with Crippen LogP contribution in [0.15, 0.2) is 71.9 Å². The van der Waals surface area contributed by atoms with Crippen molar-refractivity contribution in [2.45, 2.75) is 18.4 Å². The highest BCUT2D eigenvalue weighted by atomic mass is 32.2. The van der Waals surface area contributed by atoms with Crippen LogP contribution in [0.25, 0.3) is 0 Å². The summed E-state index contributed by atoms with van der Waals surface area (Å²) >= 11 is 0. The number of pyridine rings is 1. The number of aromatic nitrogens is 1. The van der Waals surface area contributed by atoms with Crippen LogP contribution in [0.5, 0.6) is 5.75 Å². The van der Waals surface area contributed by atoms with Gasteiger partial charge in [-0.25, -0.2) is 8.42 Å². The van der Waals surface area contributed by atoms with E-state index in [1.807, 2.05) is 25.1 Å². The third-order valence-corrected chi connectivity index (χ3v) is 5.62. The fraction of sp³-hybridized carbons (Fsp3) is 0.143. The summed E-state index contributed by atoms with van der Waals surface area (Å²) < 4.78 is 33.5. The number of nitrogens with zero attached hydrogens (tertiary/aromatic N) is 1. The molecule has 0 radical (unpaired) electrons. The second-order valence-electron chi connectivity index (χ2n) is 6.35. The number of ether oxygens (including phenoxy) is 1. The zero-order valence-corrected chi connectivity index (χ0v) is 16.9. The van der Waals surface area contributed by atoms with Crippen molar-refractivity contribution in [3.8, 4) is 5.75 Å². The minimum Gasteiger partial charge on any atom is -0.496 e. The molecule has 0 fully saturated rings. The first-order valence-electron chi connectivity index (χ1n) is 8.84. The van der Waals surface area contributed by atoms with E-state index in [0.717, 1.165) is 11.1 Å². The van der Waals surface area contributed by atoms with Gasteiger partial charge in [0.1, 0.15) is 10.6 Å². The molecule has 0 aliphatic carbocycles. The molecule has 0 saturated carbocycles. The number of sulfonamides is 1. The van der Waals surface area contributed by atoms with Crippen molar-refractivity contribution in [3.63, 3.8) is 0 Å². The Morgan fingerprint density at radius 2 is 1.79 bits per heavy atom. The summed E-state index contributed by atoms with van der Waals surface area (Å²) in [7, 11) is -2.43. The molecule has 8 heteroatoms. The van der Waals surface area contributed by atoms with Crippen molar-refractivity contribution in [1.82, 2.24) is 10.3 Å². The molecular weight excluding hydrogens is 390 g/mol. The maximum absolute atomic E-state index is 12.9. The Labute approximate surface area is 169 Å². The monoisotopic (exact) mass is 411 g/mol. The van der Waals surface area contributed by atoms with Gasteiger partial charge in [0.2, 0.25) is 0 Å². The molecule has 29 heavy (non-hydrogen) atoms. The molecule has 0 spiro atoms. The Morgan fingerprint density at radius 1 is 1.07 bits per heavy atom. The van der Waals surface area contributed by atoms with Gasteiger partial charge in [-0.2, -0.15) is 0 Å². The molecule has 1 aromatic heterocycles. The Balaban J connectivity index is 1.83. The van der Waals surface area contributed by atoms with E-state index in [9.17, 15) is 13.2 Å². The maximum Gasteiger partial charge on any atom is 0.262 e. The molecule has 2 aromatic carbocycles. The van der Waals surface area contributed by atoms with Gasteiger partial charge < -0.3 is 10.1 Å². The lowest BCUT2D eigenvalue weighted by atomic mass is 10.1. The van der Waals surface area contributed by atoms with Crippen LogP contribution in [0.4, 0.5) is 5.69 Å². The number of aryl methyl sites for hydroxylation is 1. The largest absolute Gasteiger partial charge is 0.496 e. The van der Waals surface area contributed by atoms with E-state index in [0.29, 0.717) is 11.4 Å². The molecule has 3 aromatic rings. The molecule has 0 bridgehead atoms. The highest BCUT2D eigenvalue weighted by Gasteiger charge is 2.22. The fourth-order valence-electron chi connectivity index (χ4n) is 2.83. The molecule has 7 nitrogen and oxygen atoms in total. The second-order valence-corrected chi connectivity index (χ2v) is 8.00. The molecule has 2 N–H and O–H groups in total. The minimum absolute atomic E-state index is 0.0514. The summed E-state index contributed by atoms with van der Waals surface area (Å²) in [4.78, 5) is 16.6. The van der Waals surface area contributed by atoms with Crippen LogP contribution in [-0.2, 0) is 16.6 Å². The Bertz CT molecular complexity index is 1130. The number of anilines is 1. The minimum atomic E-state index is -3.98. The first kappa shape index (κ1) is 20.3. The van der Waals surface area contributed by atoms with Crippen LogP contribution in [0.3, 0.4) is 0 Å². The number of rotatable bonds is 7. The van der Waals surface area contributed by atoms with Gasteiger partial charge in [0.25, 0.3) is 15.9 Å². The fourth-order valence-corrected chi connectivity index (χ4v) is 4.07. The van der Waals surface area contributed by atoms with E-state index in [-0.39, 0.29) is 17.0 Å². The molecule has 3 rings (SSSR count). The number of amides is 1. The molecule has 1 amide bonds. The average molecular weight is 411 g/mol. The van der Waals surface area contributed by atoms with Crippen LogP contribution in [0.2, 0.25) is 0 Å². The Morgan fingerprint density at radius 3 is 2.55 bits per heavy atom. The second kappa shape index (κ2) is 8.74. The predicted molar refractivity (Wildman–Crippen MR) is 110 cm³/mol. The van der Waals surface area contributed by atoms with Crippen LogP contribution in [-0.4, -0.2) is 26.4 Å². The third kappa shape index (κ3) is 4.91. The van der Waals surface area contributed by atoms with E-state index in [1.165, 1.54) is 18.3 Å². The summed E-state index contributed by atoms with van der Waals surface area (Å²) in [5.74, 6) is 0.140. The Hall–Kier alpha value is -3.39. The van der Waals surface area contributed by atoms with Gasteiger partial charge in [-0.3, -0.25) is 14.5 Å². The molecule has 150 valence electrons. The van der Waals surface area contributed by atoms with Crippen molar-refractivity contribution < 1.29 is 17.9 Å². The third-order valence-electron chi connectivity index (χ3n) is 4.18. The van der Waals surface area contributed by atoms with Crippen LogP contribution in [0, 0.1) is 6.92 Å². The summed E-state index contributed by atoms with van der Waals surface area (Å²) in [6.07, 6.45) is 3.03. The van der Waals surface area contributed by atoms with Gasteiger partial charge >= 0.3 is 0 Å². The molecule has 0 aliphatic rings. The van der Waals surface area contributed by atoms with Gasteiger partial charge in [0.05, 0.1) is 24.6 Å². The van der Waals surface area contributed by atoms with Gasteiger partial charge in [-0.15, -0.1) is 0 Å². The summed E-state index contributed by atoms with van der Waals surface area (Å²) in [6.45, 7) is 2.01. The van der Waals surface area contributed by atoms with Gasteiger partial charge in [0.15, 0.2) is 0 Å². The molecule has 0 atom stereocenters. The van der Waals surface area contributed by atoms with Gasteiger partial charge in [-0.1, -0.05) is 30.3 Å². The topological polar surface area (TPSA) is 97.4 Å². The first-order chi connectivity index (χ1) is 13.9. The Kier molecular flexibility index (Phi) is 6.13. The normalized spacial score (nSPS) is 11.0. The lowest BCUT2D eigenvalue weighted by Crippen LogP contribution is -2.26. The van der Waals surface area contributed by atoms with Crippen molar-refractivity contribution in [3.05, 3.63) is 83.7 Å². The number of carbonyl (C=O) groups excluding carboxylic acids is 1. The quantitative estimate of drug-likeness (QED) is 0.623. The van der Waals surface area contributed by atoms with E-state index in [2.05, 4.69) is 15.0 Å². The van der Waals surface area contributed by atoms with Gasteiger partial charge in [0, 0.05) is 18.3 Å². The number of carbonyl (C=O) groups is 1. The van der Waals surface area contributed by atoms with Gasteiger partial charge in [-0.05, 0) is 36.8 Å². The maximum atomic E-state index is 12.9. The van der Waals surface area contributed by atoms with E-state index in [4.69, 9.17) is 4.74 Å². The highest BCUT2D eigenvalue weighted by molar-refractivity contribution is 7.92. The molecule has 1 heterocycles. The number of para-hydroxylation sites is 1. The van der Waals surface area contributed by atoms with E-state index in [1.54, 1.807) is 37.6 Å². The summed E-state index contributed by atoms with van der Waals surface area (Å²) in [5.41, 5.74) is 1.98. The zero-order chi connectivity index (χ0) is 20.9. The number of nitrogens with one attached hydrogen (secondary N) is 2. The lowest BCUT2D eigenvalue weighted by molar-refractivity contribution is 0.0947. The SMILES string of the molecule is COc1ccccc1CNC(=O)c1ccccc1S(=O)(=O)Nc1cncc(C)c1. The van der Waals surface area contributed by atoms with Crippen LogP contribution in [0.1, 0.15) is 21.5 Å². The standard InChI is InChI=1S/C21H21N3O4S/c1-15-11-17(14-22-12-15)24-29(26,27)20-10-6-4-8-18(20)21(25)23-13-16-7-3-5-9-19(16)28-2/h3-12,14,24H,13H2,1-2H3,(H,23,25).